The van der Waals surface area contributed by atoms with Crippen LogP contribution < -0.4 is 15.8 Å². The van der Waals surface area contributed by atoms with Gasteiger partial charge in [0.25, 0.3) is 11.8 Å². The van der Waals surface area contributed by atoms with Gasteiger partial charge in [0.15, 0.2) is 11.2 Å². The van der Waals surface area contributed by atoms with Crippen molar-refractivity contribution in [2.45, 2.75) is 37.4 Å². The van der Waals surface area contributed by atoms with Gasteiger partial charge in [-0.2, -0.15) is 0 Å². The molecule has 0 fully saturated rings. The molecule has 6 nitrogen and oxygen atoms in total. The predicted octanol–water partition coefficient (Wildman–Crippen LogP) is 3.82. The summed E-state index contributed by atoms with van der Waals surface area (Å²) in [6.45, 7) is 1.87. The van der Waals surface area contributed by atoms with Crippen molar-refractivity contribution in [1.29, 1.82) is 0 Å². The summed E-state index contributed by atoms with van der Waals surface area (Å²) < 4.78 is 63.5. The van der Waals surface area contributed by atoms with Crippen LogP contribution in [0.1, 0.15) is 36.3 Å². The van der Waals surface area contributed by atoms with E-state index in [1.165, 1.54) is 31.5 Å². The normalized spacial score (nSPS) is 25.4. The zero-order valence-electron chi connectivity index (χ0n) is 16.5. The van der Waals surface area contributed by atoms with Crippen molar-refractivity contribution < 1.29 is 27.1 Å². The molecule has 0 aliphatic carbocycles. The standard InChI is InChI=1S/C20H20F4N4O2/c1-18(22)10-20(23,24)19(2,28-17(18)25)13-8-11(4-6-14(13)21)27-16(29)15-7-5-12(30-3)9-26-15/h4-9H,10H2,1-3H3,(H2,25,28)(H,27,29). The summed E-state index contributed by atoms with van der Waals surface area (Å²) in [6, 6.07) is 6.08. The van der Waals surface area contributed by atoms with Crippen LogP contribution in [0.2, 0.25) is 0 Å². The molecule has 3 rings (SSSR count). The Labute approximate surface area is 170 Å². The lowest BCUT2D eigenvalue weighted by Gasteiger charge is -2.42. The number of benzene rings is 1. The Morgan fingerprint density at radius 2 is 1.90 bits per heavy atom. The van der Waals surface area contributed by atoms with Crippen LogP contribution in [0.25, 0.3) is 0 Å². The fourth-order valence-electron chi connectivity index (χ4n) is 3.18. The van der Waals surface area contributed by atoms with Crippen molar-refractivity contribution in [2.24, 2.45) is 10.7 Å². The summed E-state index contributed by atoms with van der Waals surface area (Å²) in [5.41, 5.74) is 0.118. The zero-order valence-corrected chi connectivity index (χ0v) is 16.5. The Morgan fingerprint density at radius 3 is 2.50 bits per heavy atom. The first-order valence-corrected chi connectivity index (χ1v) is 8.93. The van der Waals surface area contributed by atoms with Gasteiger partial charge in [-0.15, -0.1) is 0 Å². The van der Waals surface area contributed by atoms with Gasteiger partial charge in [0.1, 0.15) is 23.1 Å². The molecule has 1 amide bonds. The highest BCUT2D eigenvalue weighted by molar-refractivity contribution is 6.03. The molecule has 160 valence electrons. The van der Waals surface area contributed by atoms with Crippen LogP contribution in [0.3, 0.4) is 0 Å². The van der Waals surface area contributed by atoms with Crippen LogP contribution in [0, 0.1) is 5.82 Å². The second-order valence-corrected chi connectivity index (χ2v) is 7.38. The first-order chi connectivity index (χ1) is 13.9. The second kappa shape index (κ2) is 7.26. The number of halogens is 4. The van der Waals surface area contributed by atoms with Gasteiger partial charge in [-0.3, -0.25) is 9.79 Å². The molecular formula is C20H20F4N4O2. The van der Waals surface area contributed by atoms with Crippen molar-refractivity contribution >= 4 is 17.4 Å². The number of amides is 1. The molecule has 1 aromatic carbocycles. The highest BCUT2D eigenvalue weighted by atomic mass is 19.3. The maximum atomic E-state index is 14.8. The average Bonchev–Trinajstić information content (AvgIpc) is 2.67. The molecule has 0 saturated carbocycles. The molecule has 0 spiro atoms. The van der Waals surface area contributed by atoms with Gasteiger partial charge in [0.05, 0.1) is 19.7 Å². The van der Waals surface area contributed by atoms with E-state index in [-0.39, 0.29) is 11.4 Å². The maximum Gasteiger partial charge on any atom is 0.280 e. The number of nitrogens with two attached hydrogens (primary N) is 1. The topological polar surface area (TPSA) is 89.6 Å². The molecule has 10 heteroatoms. The molecule has 3 N–H and O–H groups in total. The van der Waals surface area contributed by atoms with Crippen LogP contribution in [0.5, 0.6) is 5.75 Å². The Bertz CT molecular complexity index is 1010. The van der Waals surface area contributed by atoms with Gasteiger partial charge in [-0.05, 0) is 44.2 Å². The van der Waals surface area contributed by atoms with Gasteiger partial charge in [-0.25, -0.2) is 22.5 Å². The van der Waals surface area contributed by atoms with Gasteiger partial charge < -0.3 is 15.8 Å². The molecular weight excluding hydrogens is 404 g/mol. The number of rotatable bonds is 4. The van der Waals surface area contributed by atoms with E-state index in [1.54, 1.807) is 0 Å². The first kappa shape index (κ1) is 21.5. The molecule has 0 saturated heterocycles. The van der Waals surface area contributed by atoms with Crippen LogP contribution in [0.4, 0.5) is 23.2 Å². The molecule has 2 aromatic rings. The Kier molecular flexibility index (Phi) is 5.21. The summed E-state index contributed by atoms with van der Waals surface area (Å²) >= 11 is 0. The predicted molar refractivity (Wildman–Crippen MR) is 103 cm³/mol. The number of carbonyl (C=O) groups excluding carboxylic acids is 1. The minimum atomic E-state index is -3.74. The Balaban J connectivity index is 1.97. The quantitative estimate of drug-likeness (QED) is 0.731. The number of hydrogen-bond acceptors (Lipinski definition) is 5. The summed E-state index contributed by atoms with van der Waals surface area (Å²) in [6.07, 6.45) is 0.0811. The summed E-state index contributed by atoms with van der Waals surface area (Å²) in [5.74, 6) is -5.57. The number of aromatic nitrogens is 1. The number of nitrogens with one attached hydrogen (secondary N) is 1. The van der Waals surface area contributed by atoms with Crippen LogP contribution in [-0.2, 0) is 5.54 Å². The number of aliphatic imine (C=N–C) groups is 1. The van der Waals surface area contributed by atoms with Gasteiger partial charge >= 0.3 is 0 Å². The maximum absolute atomic E-state index is 14.8. The minimum absolute atomic E-state index is 0.0337. The SMILES string of the molecule is COc1ccc(C(=O)Nc2ccc(F)c(C3(C)N=C(N)C(C)(F)CC3(F)F)c2)nc1. The van der Waals surface area contributed by atoms with Gasteiger partial charge in [0, 0.05) is 11.3 Å². The number of ether oxygens (including phenoxy) is 1. The Hall–Kier alpha value is -3.17. The smallest absolute Gasteiger partial charge is 0.280 e. The van der Waals surface area contributed by atoms with Crippen molar-refractivity contribution in [3.8, 4) is 5.75 Å². The van der Waals surface area contributed by atoms with Gasteiger partial charge in [0.2, 0.25) is 0 Å². The van der Waals surface area contributed by atoms with E-state index in [1.807, 2.05) is 0 Å². The lowest BCUT2D eigenvalue weighted by Crippen LogP contribution is -2.56. The van der Waals surface area contributed by atoms with Crippen molar-refractivity contribution in [2.75, 3.05) is 12.4 Å². The third kappa shape index (κ3) is 3.69. The second-order valence-electron chi connectivity index (χ2n) is 7.38. The van der Waals surface area contributed by atoms with E-state index >= 15 is 0 Å². The molecule has 0 bridgehead atoms. The molecule has 1 aliphatic heterocycles. The minimum Gasteiger partial charge on any atom is -0.495 e. The molecule has 1 aliphatic rings. The third-order valence-corrected chi connectivity index (χ3v) is 5.10. The number of pyridine rings is 1. The van der Waals surface area contributed by atoms with E-state index in [0.717, 1.165) is 26.0 Å². The van der Waals surface area contributed by atoms with Crippen LogP contribution in [-0.4, -0.2) is 35.4 Å². The molecule has 0 radical (unpaired) electrons. The fourth-order valence-corrected chi connectivity index (χ4v) is 3.18. The highest BCUT2D eigenvalue weighted by Crippen LogP contribution is 2.50. The summed E-state index contributed by atoms with van der Waals surface area (Å²) in [5, 5.41) is 2.47. The van der Waals surface area contributed by atoms with Crippen LogP contribution >= 0.6 is 0 Å². The van der Waals surface area contributed by atoms with E-state index < -0.39 is 46.7 Å². The number of carbonyl (C=O) groups is 1. The lowest BCUT2D eigenvalue weighted by molar-refractivity contribution is -0.106. The first-order valence-electron chi connectivity index (χ1n) is 8.93. The van der Waals surface area contributed by atoms with E-state index in [2.05, 4.69) is 15.3 Å². The summed E-state index contributed by atoms with van der Waals surface area (Å²) in [7, 11) is 1.44. The van der Waals surface area contributed by atoms with Crippen molar-refractivity contribution in [3.05, 3.63) is 53.6 Å². The van der Waals surface area contributed by atoms with Gasteiger partial charge in [-0.1, -0.05) is 0 Å². The molecule has 2 unspecified atom stereocenters. The number of amidine groups is 1. The summed E-state index contributed by atoms with van der Waals surface area (Å²) in [4.78, 5) is 19.9. The van der Waals surface area contributed by atoms with E-state index in [9.17, 15) is 22.4 Å². The van der Waals surface area contributed by atoms with E-state index in [4.69, 9.17) is 10.5 Å². The number of alkyl halides is 3. The molecule has 30 heavy (non-hydrogen) atoms. The number of anilines is 1. The highest BCUT2D eigenvalue weighted by Gasteiger charge is 2.60. The number of hydrogen-bond donors (Lipinski definition) is 2. The molecule has 2 atom stereocenters. The fraction of sp³-hybridized carbons (Fsp3) is 0.350. The zero-order chi connectivity index (χ0) is 22.3. The lowest BCUT2D eigenvalue weighted by atomic mass is 9.77. The number of methoxy groups -OCH3 is 1. The monoisotopic (exact) mass is 424 g/mol. The van der Waals surface area contributed by atoms with Crippen molar-refractivity contribution in [3.63, 3.8) is 0 Å². The third-order valence-electron chi connectivity index (χ3n) is 5.10. The molecule has 2 heterocycles. The van der Waals surface area contributed by atoms with E-state index in [0.29, 0.717) is 5.75 Å². The molecule has 1 aromatic heterocycles. The Morgan fingerprint density at radius 1 is 1.20 bits per heavy atom. The number of nitrogens with zero attached hydrogens (tertiary/aromatic N) is 2. The average molecular weight is 424 g/mol. The van der Waals surface area contributed by atoms with Crippen molar-refractivity contribution in [1.82, 2.24) is 4.98 Å². The van der Waals surface area contributed by atoms with Crippen LogP contribution in [0.15, 0.2) is 41.5 Å². The largest absolute Gasteiger partial charge is 0.495 e.